The van der Waals surface area contributed by atoms with Gasteiger partial charge in [0.1, 0.15) is 5.56 Å². The second-order valence-electron chi connectivity index (χ2n) is 7.49. The first-order valence-electron chi connectivity index (χ1n) is 8.49. The number of carbonyl (C=O) groups excluding carboxylic acids is 2. The average molecular weight is 370 g/mol. The topological polar surface area (TPSA) is 105 Å². The van der Waals surface area contributed by atoms with Crippen molar-refractivity contribution in [2.75, 3.05) is 6.54 Å². The summed E-state index contributed by atoms with van der Waals surface area (Å²) in [6.07, 6.45) is 2.36. The van der Waals surface area contributed by atoms with Crippen molar-refractivity contribution in [2.45, 2.75) is 58.9 Å². The molecule has 140 valence electrons. The maximum Gasteiger partial charge on any atom is 0.261 e. The Hall–Kier alpha value is -1.66. The first-order valence-corrected chi connectivity index (χ1v) is 8.49. The summed E-state index contributed by atoms with van der Waals surface area (Å²) in [5.41, 5.74) is 5.66. The van der Waals surface area contributed by atoms with Gasteiger partial charge in [-0.25, -0.2) is 0 Å². The molecule has 0 unspecified atom stereocenters. The lowest BCUT2D eigenvalue weighted by Crippen LogP contribution is -2.53. The van der Waals surface area contributed by atoms with E-state index >= 15 is 0 Å². The number of fused-ring (bicyclic) bond motifs is 1. The third kappa shape index (κ3) is 4.30. The summed E-state index contributed by atoms with van der Waals surface area (Å²) >= 11 is 0. The first-order chi connectivity index (χ1) is 11.2. The number of hydrogen-bond donors (Lipinski definition) is 3. The van der Waals surface area contributed by atoms with Crippen molar-refractivity contribution in [3.05, 3.63) is 33.2 Å². The fourth-order valence-corrected chi connectivity index (χ4v) is 3.27. The Morgan fingerprint density at radius 3 is 2.40 bits per heavy atom. The zero-order chi connectivity index (χ0) is 18.1. The molecule has 1 aromatic rings. The van der Waals surface area contributed by atoms with Crippen LogP contribution in [0.25, 0.3) is 0 Å². The number of H-pyrrole nitrogens is 1. The van der Waals surface area contributed by atoms with Crippen LogP contribution >= 0.6 is 12.4 Å². The van der Waals surface area contributed by atoms with E-state index in [-0.39, 0.29) is 29.2 Å². The Kier molecular flexibility index (Phi) is 6.59. The molecule has 0 aliphatic heterocycles. The minimum atomic E-state index is -0.536. The molecule has 1 amide bonds. The van der Waals surface area contributed by atoms with E-state index in [0.29, 0.717) is 43.5 Å². The van der Waals surface area contributed by atoms with E-state index in [0.717, 1.165) is 0 Å². The summed E-state index contributed by atoms with van der Waals surface area (Å²) in [7, 11) is 0. The van der Waals surface area contributed by atoms with Crippen molar-refractivity contribution in [3.63, 3.8) is 0 Å². The first kappa shape index (κ1) is 21.4. The number of pyridine rings is 1. The number of amides is 1. The monoisotopic (exact) mass is 369 g/mol. The molecule has 0 saturated heterocycles. The number of ketones is 1. The van der Waals surface area contributed by atoms with Crippen LogP contribution < -0.4 is 16.6 Å². The molecule has 6 nitrogen and oxygen atoms in total. The van der Waals surface area contributed by atoms with Gasteiger partial charge in [-0.3, -0.25) is 14.4 Å². The van der Waals surface area contributed by atoms with Crippen LogP contribution in [0.1, 0.15) is 73.4 Å². The third-order valence-electron chi connectivity index (χ3n) is 5.09. The number of rotatable bonds is 5. The molecule has 0 spiro atoms. The number of halogens is 1. The maximum atomic E-state index is 12.6. The molecule has 1 heterocycles. The Balaban J connectivity index is 0.00000312. The molecule has 1 aliphatic rings. The van der Waals surface area contributed by atoms with Gasteiger partial charge in [0.25, 0.3) is 11.5 Å². The van der Waals surface area contributed by atoms with Crippen molar-refractivity contribution >= 4 is 24.1 Å². The highest BCUT2D eigenvalue weighted by atomic mass is 35.5. The summed E-state index contributed by atoms with van der Waals surface area (Å²) in [5, 5.41) is 2.88. The van der Waals surface area contributed by atoms with Gasteiger partial charge in [0.15, 0.2) is 5.78 Å². The lowest BCUT2D eigenvalue weighted by molar-refractivity contribution is 0.0893. The van der Waals surface area contributed by atoms with Gasteiger partial charge in [-0.05, 0) is 30.7 Å². The van der Waals surface area contributed by atoms with Gasteiger partial charge in [-0.2, -0.15) is 0 Å². The molecule has 0 saturated carbocycles. The Morgan fingerprint density at radius 1 is 1.28 bits per heavy atom. The smallest absolute Gasteiger partial charge is 0.261 e. The summed E-state index contributed by atoms with van der Waals surface area (Å²) in [4.78, 5) is 40.0. The molecule has 0 radical (unpaired) electrons. The van der Waals surface area contributed by atoms with Crippen LogP contribution in [0.15, 0.2) is 10.9 Å². The Bertz CT molecular complexity index is 713. The predicted molar refractivity (Wildman–Crippen MR) is 101 cm³/mol. The molecular weight excluding hydrogens is 342 g/mol. The molecule has 0 fully saturated rings. The number of aromatic nitrogens is 1. The predicted octanol–water partition coefficient (Wildman–Crippen LogP) is 2.20. The van der Waals surface area contributed by atoms with Crippen LogP contribution in [-0.2, 0) is 6.42 Å². The number of Topliss-reactive ketones (excluding diaryl/α,β-unsaturated/α-hetero) is 1. The molecule has 0 bridgehead atoms. The maximum absolute atomic E-state index is 12.6. The molecule has 7 heteroatoms. The van der Waals surface area contributed by atoms with Gasteiger partial charge in [-0.15, -0.1) is 12.4 Å². The molecular formula is C18H28ClN3O3. The zero-order valence-electron chi connectivity index (χ0n) is 15.3. The molecule has 1 aliphatic carbocycles. The normalized spacial score (nSPS) is 16.0. The minimum absolute atomic E-state index is 0. The van der Waals surface area contributed by atoms with Crippen LogP contribution in [0.5, 0.6) is 0 Å². The van der Waals surface area contributed by atoms with Gasteiger partial charge in [-0.1, -0.05) is 27.7 Å². The summed E-state index contributed by atoms with van der Waals surface area (Å²) in [6, 6.07) is 1.44. The lowest BCUT2D eigenvalue weighted by atomic mass is 9.75. The Morgan fingerprint density at radius 2 is 1.88 bits per heavy atom. The highest BCUT2D eigenvalue weighted by molar-refractivity contribution is 6.02. The zero-order valence-corrected chi connectivity index (χ0v) is 16.1. The van der Waals surface area contributed by atoms with E-state index in [1.54, 1.807) is 0 Å². The molecule has 25 heavy (non-hydrogen) atoms. The van der Waals surface area contributed by atoms with Crippen LogP contribution in [0, 0.1) is 5.41 Å². The van der Waals surface area contributed by atoms with Crippen molar-refractivity contribution < 1.29 is 9.59 Å². The fraction of sp³-hybridized carbons (Fsp3) is 0.611. The number of nitrogens with two attached hydrogens (primary N) is 1. The SMILES string of the molecule is CCC(CC)(CN)NC(=O)c1cc2c([nH]c1=O)CC(C)(C)CC2=O.Cl. The van der Waals surface area contributed by atoms with Crippen LogP contribution in [0.4, 0.5) is 0 Å². The van der Waals surface area contributed by atoms with Crippen molar-refractivity contribution in [1.82, 2.24) is 10.3 Å². The van der Waals surface area contributed by atoms with Crippen molar-refractivity contribution in [2.24, 2.45) is 11.1 Å². The number of aromatic amines is 1. The number of nitrogens with one attached hydrogen (secondary N) is 2. The second kappa shape index (κ2) is 7.70. The van der Waals surface area contributed by atoms with E-state index in [4.69, 9.17) is 5.73 Å². The highest BCUT2D eigenvalue weighted by Gasteiger charge is 2.33. The van der Waals surface area contributed by atoms with Gasteiger partial charge in [0.05, 0.1) is 5.54 Å². The average Bonchev–Trinajstić information content (AvgIpc) is 2.50. The van der Waals surface area contributed by atoms with Gasteiger partial charge in [0.2, 0.25) is 0 Å². The van der Waals surface area contributed by atoms with E-state index in [1.807, 2.05) is 27.7 Å². The molecule has 1 aromatic heterocycles. The number of hydrogen-bond acceptors (Lipinski definition) is 4. The van der Waals surface area contributed by atoms with E-state index in [9.17, 15) is 14.4 Å². The standard InChI is InChI=1S/C18H27N3O3.ClH/c1-5-18(6-2,10-19)21-16(24)12-7-11-13(20-15(12)23)8-17(3,4)9-14(11)22;/h7H,5-6,8-10,19H2,1-4H3,(H,20,23)(H,21,24);1H. The minimum Gasteiger partial charge on any atom is -0.345 e. The molecule has 0 atom stereocenters. The van der Waals surface area contributed by atoms with Crippen LogP contribution in [0.2, 0.25) is 0 Å². The van der Waals surface area contributed by atoms with Crippen molar-refractivity contribution in [1.29, 1.82) is 0 Å². The molecule has 0 aromatic carbocycles. The summed E-state index contributed by atoms with van der Waals surface area (Å²) in [6.45, 7) is 8.16. The van der Waals surface area contributed by atoms with Gasteiger partial charge < -0.3 is 16.0 Å². The Labute approximate surface area is 154 Å². The summed E-state index contributed by atoms with van der Waals surface area (Å²) < 4.78 is 0. The van der Waals surface area contributed by atoms with E-state index in [1.165, 1.54) is 6.07 Å². The van der Waals surface area contributed by atoms with Crippen molar-refractivity contribution in [3.8, 4) is 0 Å². The van der Waals surface area contributed by atoms with E-state index in [2.05, 4.69) is 10.3 Å². The fourth-order valence-electron chi connectivity index (χ4n) is 3.27. The quantitative estimate of drug-likeness (QED) is 0.739. The molecule has 4 N–H and O–H groups in total. The summed E-state index contributed by atoms with van der Waals surface area (Å²) in [5.74, 6) is -0.520. The second-order valence-corrected chi connectivity index (χ2v) is 7.49. The number of carbonyl (C=O) groups is 2. The van der Waals surface area contributed by atoms with E-state index < -0.39 is 17.0 Å². The van der Waals surface area contributed by atoms with Gasteiger partial charge in [0, 0.05) is 24.2 Å². The van der Waals surface area contributed by atoms with Crippen LogP contribution in [-0.4, -0.2) is 28.8 Å². The molecule has 2 rings (SSSR count). The third-order valence-corrected chi connectivity index (χ3v) is 5.09. The largest absolute Gasteiger partial charge is 0.345 e. The highest BCUT2D eigenvalue weighted by Crippen LogP contribution is 2.33. The lowest BCUT2D eigenvalue weighted by Gasteiger charge is -2.32. The van der Waals surface area contributed by atoms with Crippen LogP contribution in [0.3, 0.4) is 0 Å². The van der Waals surface area contributed by atoms with Gasteiger partial charge >= 0.3 is 0 Å².